The summed E-state index contributed by atoms with van der Waals surface area (Å²) >= 11 is 3.25. The monoisotopic (exact) mass is 432 g/mol. The topological polar surface area (TPSA) is 94.3 Å². The minimum Gasteiger partial charge on any atom is -0.356 e. The van der Waals surface area contributed by atoms with Gasteiger partial charge in [0.15, 0.2) is 0 Å². The van der Waals surface area contributed by atoms with Gasteiger partial charge < -0.3 is 9.88 Å². The van der Waals surface area contributed by atoms with Gasteiger partial charge in [0.25, 0.3) is 5.91 Å². The van der Waals surface area contributed by atoms with Gasteiger partial charge in [-0.1, -0.05) is 30.3 Å². The van der Waals surface area contributed by atoms with Crippen molar-refractivity contribution in [3.63, 3.8) is 0 Å². The predicted molar refractivity (Wildman–Crippen MR) is 104 cm³/mol. The molecule has 2 heterocycles. The van der Waals surface area contributed by atoms with Crippen LogP contribution in [-0.4, -0.2) is 40.7 Å². The third-order valence-corrected chi connectivity index (χ3v) is 4.99. The summed E-state index contributed by atoms with van der Waals surface area (Å²) in [5, 5.41) is 0. The summed E-state index contributed by atoms with van der Waals surface area (Å²) in [5.74, 6) is -1.04. The average Bonchev–Trinajstić information content (AvgIpc) is 3.13. The summed E-state index contributed by atoms with van der Waals surface area (Å²) in [4.78, 5) is 41.4. The number of benzene rings is 1. The van der Waals surface area contributed by atoms with E-state index in [1.54, 1.807) is 17.2 Å². The number of nitrogens with zero attached hydrogens (tertiary/aromatic N) is 1. The van der Waals surface area contributed by atoms with Crippen molar-refractivity contribution in [3.05, 3.63) is 58.3 Å². The summed E-state index contributed by atoms with van der Waals surface area (Å²) in [5.41, 5.74) is 6.15. The number of nitrogens with one attached hydrogen (secondary N) is 3. The molecule has 7 nitrogen and oxygen atoms in total. The number of amides is 3. The minimum absolute atomic E-state index is 0.0129. The normalized spacial score (nSPS) is 16.6. The first-order chi connectivity index (χ1) is 13.0. The van der Waals surface area contributed by atoms with Gasteiger partial charge in [0.1, 0.15) is 5.69 Å². The fraction of sp³-hybridized carbons (Fsp3) is 0.316. The molecule has 142 valence electrons. The molecule has 0 bridgehead atoms. The fourth-order valence-corrected chi connectivity index (χ4v) is 3.43. The van der Waals surface area contributed by atoms with Crippen LogP contribution in [0.25, 0.3) is 0 Å². The molecule has 3 N–H and O–H groups in total. The van der Waals surface area contributed by atoms with Gasteiger partial charge in [-0.05, 0) is 40.4 Å². The molecule has 3 rings (SSSR count). The lowest BCUT2D eigenvalue weighted by Gasteiger charge is -2.32. The van der Waals surface area contributed by atoms with Crippen molar-refractivity contribution in [1.29, 1.82) is 0 Å². The van der Waals surface area contributed by atoms with Gasteiger partial charge in [-0.25, -0.2) is 0 Å². The van der Waals surface area contributed by atoms with Crippen LogP contribution in [0.15, 0.2) is 47.1 Å². The molecular weight excluding hydrogens is 412 g/mol. The van der Waals surface area contributed by atoms with Crippen LogP contribution in [0.5, 0.6) is 0 Å². The number of rotatable bonds is 4. The average molecular weight is 433 g/mol. The van der Waals surface area contributed by atoms with Crippen molar-refractivity contribution >= 4 is 33.7 Å². The number of likely N-dealkylation sites (tertiary alicyclic amines) is 1. The highest BCUT2D eigenvalue weighted by molar-refractivity contribution is 9.10. The summed E-state index contributed by atoms with van der Waals surface area (Å²) in [6.45, 7) is 1.01. The highest BCUT2D eigenvalue weighted by atomic mass is 79.9. The molecule has 1 saturated heterocycles. The molecule has 1 aromatic heterocycles. The Morgan fingerprint density at radius 2 is 1.96 bits per heavy atom. The highest BCUT2D eigenvalue weighted by Crippen LogP contribution is 2.18. The Labute approximate surface area is 165 Å². The molecule has 0 radical (unpaired) electrons. The molecule has 0 aliphatic carbocycles. The predicted octanol–water partition coefficient (Wildman–Crippen LogP) is 2.02. The van der Waals surface area contributed by atoms with E-state index >= 15 is 0 Å². The van der Waals surface area contributed by atoms with Crippen LogP contribution in [0.2, 0.25) is 0 Å². The number of carbonyl (C=O) groups is 3. The van der Waals surface area contributed by atoms with Crippen molar-refractivity contribution in [2.45, 2.75) is 19.3 Å². The Kier molecular flexibility index (Phi) is 6.28. The number of halogens is 1. The third-order valence-electron chi connectivity index (χ3n) is 4.53. The van der Waals surface area contributed by atoms with E-state index in [4.69, 9.17) is 0 Å². The van der Waals surface area contributed by atoms with Gasteiger partial charge in [-0.15, -0.1) is 0 Å². The zero-order valence-electron chi connectivity index (χ0n) is 14.7. The molecule has 0 spiro atoms. The highest BCUT2D eigenvalue weighted by Gasteiger charge is 2.28. The van der Waals surface area contributed by atoms with Crippen molar-refractivity contribution in [3.8, 4) is 0 Å². The maximum Gasteiger partial charge on any atom is 0.286 e. The number of H-pyrrole nitrogens is 1. The van der Waals surface area contributed by atoms with E-state index < -0.39 is 5.91 Å². The standard InChI is InChI=1S/C19H21BrN4O3/c20-15-10-16(21-11-15)19(27)23-22-18(26)14-7-4-8-24(12-14)17(25)9-13-5-2-1-3-6-13/h1-3,5-6,10-11,14,21H,4,7-9,12H2,(H,22,26)(H,23,27). The number of hydrogen-bond donors (Lipinski definition) is 3. The summed E-state index contributed by atoms with van der Waals surface area (Å²) in [6.07, 6.45) is 3.41. The Balaban J connectivity index is 1.50. The lowest BCUT2D eigenvalue weighted by molar-refractivity contribution is -0.135. The summed E-state index contributed by atoms with van der Waals surface area (Å²) < 4.78 is 0.749. The van der Waals surface area contributed by atoms with Gasteiger partial charge in [-0.3, -0.25) is 25.2 Å². The molecule has 1 aromatic carbocycles. The molecule has 3 amide bonds. The van der Waals surface area contributed by atoms with Crippen LogP contribution in [-0.2, 0) is 16.0 Å². The maximum atomic E-state index is 12.5. The van der Waals surface area contributed by atoms with Gasteiger partial charge >= 0.3 is 0 Å². The van der Waals surface area contributed by atoms with E-state index in [0.717, 1.165) is 16.5 Å². The Morgan fingerprint density at radius 3 is 2.67 bits per heavy atom. The van der Waals surface area contributed by atoms with Gasteiger partial charge in [0.2, 0.25) is 11.8 Å². The van der Waals surface area contributed by atoms with Gasteiger partial charge in [0, 0.05) is 23.8 Å². The number of piperidine rings is 1. The maximum absolute atomic E-state index is 12.5. The van der Waals surface area contributed by atoms with E-state index in [1.807, 2.05) is 30.3 Å². The Bertz CT molecular complexity index is 821. The molecule has 0 saturated carbocycles. The summed E-state index contributed by atoms with van der Waals surface area (Å²) in [7, 11) is 0. The second-order valence-corrected chi connectivity index (χ2v) is 7.43. The smallest absolute Gasteiger partial charge is 0.286 e. The second-order valence-electron chi connectivity index (χ2n) is 6.52. The number of hydrazine groups is 1. The first-order valence-electron chi connectivity index (χ1n) is 8.79. The van der Waals surface area contributed by atoms with E-state index in [1.165, 1.54) is 0 Å². The number of aromatic nitrogens is 1. The number of hydrogen-bond acceptors (Lipinski definition) is 3. The second kappa shape index (κ2) is 8.85. The molecule has 1 atom stereocenters. The summed E-state index contributed by atoms with van der Waals surface area (Å²) in [6, 6.07) is 11.2. The van der Waals surface area contributed by atoms with Crippen LogP contribution in [0.1, 0.15) is 28.9 Å². The minimum atomic E-state index is -0.429. The number of carbonyl (C=O) groups excluding carboxylic acids is 3. The molecule has 1 unspecified atom stereocenters. The zero-order chi connectivity index (χ0) is 19.2. The molecular formula is C19H21BrN4O3. The quantitative estimate of drug-likeness (QED) is 0.644. The van der Waals surface area contributed by atoms with E-state index in [-0.39, 0.29) is 17.7 Å². The van der Waals surface area contributed by atoms with Crippen molar-refractivity contribution in [2.75, 3.05) is 13.1 Å². The van der Waals surface area contributed by atoms with Crippen LogP contribution < -0.4 is 10.9 Å². The molecule has 1 fully saturated rings. The van der Waals surface area contributed by atoms with Crippen molar-refractivity contribution < 1.29 is 14.4 Å². The van der Waals surface area contributed by atoms with E-state index in [0.29, 0.717) is 31.6 Å². The fourth-order valence-electron chi connectivity index (χ4n) is 3.09. The molecule has 1 aliphatic rings. The first kappa shape index (κ1) is 19.2. The van der Waals surface area contributed by atoms with Gasteiger partial charge in [0.05, 0.1) is 12.3 Å². The first-order valence-corrected chi connectivity index (χ1v) is 9.58. The van der Waals surface area contributed by atoms with Crippen molar-refractivity contribution in [2.24, 2.45) is 5.92 Å². The van der Waals surface area contributed by atoms with Crippen LogP contribution in [0.4, 0.5) is 0 Å². The number of aromatic amines is 1. The molecule has 27 heavy (non-hydrogen) atoms. The lowest BCUT2D eigenvalue weighted by Crippen LogP contribution is -2.50. The van der Waals surface area contributed by atoms with Crippen LogP contribution >= 0.6 is 15.9 Å². The van der Waals surface area contributed by atoms with Crippen molar-refractivity contribution in [1.82, 2.24) is 20.7 Å². The third kappa shape index (κ3) is 5.19. The largest absolute Gasteiger partial charge is 0.356 e. The molecule has 1 aliphatic heterocycles. The van der Waals surface area contributed by atoms with E-state index in [2.05, 4.69) is 31.8 Å². The Hall–Kier alpha value is -2.61. The molecule has 8 heteroatoms. The SMILES string of the molecule is O=C(NNC(=O)C1CCCN(C(=O)Cc2ccccc2)C1)c1cc(Br)c[nH]1. The van der Waals surface area contributed by atoms with Crippen LogP contribution in [0.3, 0.4) is 0 Å². The van der Waals surface area contributed by atoms with Gasteiger partial charge in [-0.2, -0.15) is 0 Å². The Morgan fingerprint density at radius 1 is 1.19 bits per heavy atom. The zero-order valence-corrected chi connectivity index (χ0v) is 16.3. The lowest BCUT2D eigenvalue weighted by atomic mass is 9.97. The van der Waals surface area contributed by atoms with Crippen LogP contribution in [0, 0.1) is 5.92 Å². The van der Waals surface area contributed by atoms with E-state index in [9.17, 15) is 14.4 Å². The molecule has 2 aromatic rings.